The van der Waals surface area contributed by atoms with Gasteiger partial charge in [-0.05, 0) is 91.8 Å². The van der Waals surface area contributed by atoms with Crippen molar-refractivity contribution in [2.24, 2.45) is 11.3 Å². The van der Waals surface area contributed by atoms with Crippen LogP contribution in [0, 0.1) is 11.3 Å². The van der Waals surface area contributed by atoms with E-state index < -0.39 is 13.9 Å². The summed E-state index contributed by atoms with van der Waals surface area (Å²) in [6, 6.07) is 0. The van der Waals surface area contributed by atoms with E-state index in [0.29, 0.717) is 25.2 Å². The van der Waals surface area contributed by atoms with Crippen LogP contribution in [0.2, 0.25) is 18.1 Å². The number of hydrogen-bond donors (Lipinski definition) is 1. The molecule has 4 rings (SSSR count). The molecule has 0 amide bonds. The van der Waals surface area contributed by atoms with Crippen LogP contribution in [-0.2, 0) is 14.0 Å². The first-order valence-electron chi connectivity index (χ1n) is 11.4. The van der Waals surface area contributed by atoms with Gasteiger partial charge in [-0.1, -0.05) is 33.3 Å². The zero-order valence-corrected chi connectivity index (χ0v) is 20.3. The zero-order valence-electron chi connectivity index (χ0n) is 19.3. The lowest BCUT2D eigenvalue weighted by Gasteiger charge is -2.47. The second kappa shape index (κ2) is 6.85. The highest BCUT2D eigenvalue weighted by Crippen LogP contribution is 2.59. The molecule has 0 heterocycles. The molecule has 164 valence electrons. The van der Waals surface area contributed by atoms with Crippen molar-refractivity contribution in [3.63, 3.8) is 0 Å². The average Bonchev–Trinajstić information content (AvgIpc) is 2.91. The van der Waals surface area contributed by atoms with E-state index in [1.165, 1.54) is 23.8 Å². The lowest BCUT2D eigenvalue weighted by Crippen LogP contribution is -2.48. The van der Waals surface area contributed by atoms with E-state index in [2.05, 4.69) is 40.8 Å². The van der Waals surface area contributed by atoms with E-state index in [1.807, 2.05) is 0 Å². The largest absolute Gasteiger partial charge is 0.413 e. The molecule has 0 aromatic rings. The monoisotopic (exact) mass is 428 g/mol. The van der Waals surface area contributed by atoms with E-state index in [-0.39, 0.29) is 33.7 Å². The summed E-state index contributed by atoms with van der Waals surface area (Å²) in [4.78, 5) is 25.3. The number of Topliss-reactive ketones (excluding diaryl/α,β-unsaturated/α-hetero) is 1. The summed E-state index contributed by atoms with van der Waals surface area (Å²) in [5, 5.41) is 11.3. The van der Waals surface area contributed by atoms with Crippen molar-refractivity contribution in [3.8, 4) is 0 Å². The fourth-order valence-corrected chi connectivity index (χ4v) is 7.23. The van der Waals surface area contributed by atoms with Crippen LogP contribution in [0.1, 0.15) is 66.2 Å². The molecule has 0 unspecified atom stereocenters. The maximum absolute atomic E-state index is 13.4. The molecular weight excluding hydrogens is 392 g/mol. The molecule has 5 heteroatoms. The van der Waals surface area contributed by atoms with Crippen LogP contribution in [0.25, 0.3) is 0 Å². The summed E-state index contributed by atoms with van der Waals surface area (Å²) in [7, 11) is -1.88. The predicted octanol–water partition coefficient (Wildman–Crippen LogP) is 5.04. The molecule has 0 aliphatic heterocycles. The smallest absolute Gasteiger partial charge is 0.192 e. The maximum Gasteiger partial charge on any atom is 0.192 e. The number of fused-ring (bicyclic) bond motifs is 3. The number of allylic oxidation sites excluding steroid dienone is 4. The first-order valence-corrected chi connectivity index (χ1v) is 14.3. The molecule has 0 bridgehead atoms. The van der Waals surface area contributed by atoms with Crippen LogP contribution in [0.4, 0.5) is 0 Å². The summed E-state index contributed by atoms with van der Waals surface area (Å²) in [5.41, 5.74) is 1.08. The minimum atomic E-state index is -1.88. The number of carbonyl (C=O) groups is 2. The van der Waals surface area contributed by atoms with Gasteiger partial charge in [-0.2, -0.15) is 0 Å². The van der Waals surface area contributed by atoms with Gasteiger partial charge in [0.1, 0.15) is 5.60 Å². The maximum atomic E-state index is 13.4. The van der Waals surface area contributed by atoms with Crippen LogP contribution in [-0.4, -0.2) is 36.7 Å². The van der Waals surface area contributed by atoms with Crippen LogP contribution >= 0.6 is 0 Å². The molecular formula is C25H36O4Si. The highest BCUT2D eigenvalue weighted by molar-refractivity contribution is 6.74. The van der Waals surface area contributed by atoms with Crippen molar-refractivity contribution < 1.29 is 19.1 Å². The van der Waals surface area contributed by atoms with E-state index in [4.69, 9.17) is 4.43 Å². The molecule has 0 saturated heterocycles. The molecule has 1 saturated carbocycles. The highest BCUT2D eigenvalue weighted by Gasteiger charge is 2.55. The fourth-order valence-electron chi connectivity index (χ4n) is 5.78. The Morgan fingerprint density at radius 3 is 2.50 bits per heavy atom. The third-order valence-corrected chi connectivity index (χ3v) is 13.3. The molecule has 30 heavy (non-hydrogen) atoms. The third kappa shape index (κ3) is 3.25. The Morgan fingerprint density at radius 1 is 1.13 bits per heavy atom. The van der Waals surface area contributed by atoms with Crippen molar-refractivity contribution in [2.45, 2.75) is 96.1 Å². The summed E-state index contributed by atoms with van der Waals surface area (Å²) >= 11 is 0. The SMILES string of the molecule is CC(C)(C)[Si](C)(C)O[C@H]1CC[C@H]2C3=C(CC[C@]12C)C(=O)C1=CC(=O)C=C[C@]1(O)CC3. The number of carbonyl (C=O) groups excluding carboxylic acids is 2. The first-order chi connectivity index (χ1) is 13.8. The Labute approximate surface area is 181 Å². The van der Waals surface area contributed by atoms with E-state index in [1.54, 1.807) is 0 Å². The Bertz CT molecular complexity index is 887. The molecule has 4 aliphatic rings. The summed E-state index contributed by atoms with van der Waals surface area (Å²) in [5.74, 6) is -0.000981. The molecule has 0 radical (unpaired) electrons. The minimum Gasteiger partial charge on any atom is -0.413 e. The van der Waals surface area contributed by atoms with Gasteiger partial charge < -0.3 is 9.53 Å². The van der Waals surface area contributed by atoms with Gasteiger partial charge in [-0.25, -0.2) is 0 Å². The minimum absolute atomic E-state index is 0.0345. The highest BCUT2D eigenvalue weighted by atomic mass is 28.4. The Balaban J connectivity index is 1.67. The fraction of sp³-hybridized carbons (Fsp3) is 0.680. The Kier molecular flexibility index (Phi) is 5.00. The van der Waals surface area contributed by atoms with Gasteiger partial charge in [-0.15, -0.1) is 0 Å². The van der Waals surface area contributed by atoms with Crippen LogP contribution in [0.5, 0.6) is 0 Å². The van der Waals surface area contributed by atoms with E-state index in [0.717, 1.165) is 24.8 Å². The molecule has 4 atom stereocenters. The molecule has 1 fully saturated rings. The lowest BCUT2D eigenvalue weighted by molar-refractivity contribution is -0.116. The van der Waals surface area contributed by atoms with Gasteiger partial charge in [0.2, 0.25) is 0 Å². The van der Waals surface area contributed by atoms with Gasteiger partial charge in [0.15, 0.2) is 19.9 Å². The molecule has 4 aliphatic carbocycles. The summed E-state index contributed by atoms with van der Waals surface area (Å²) < 4.78 is 6.92. The Hall–Kier alpha value is -1.30. The van der Waals surface area contributed by atoms with Crippen LogP contribution < -0.4 is 0 Å². The van der Waals surface area contributed by atoms with Gasteiger partial charge in [0.05, 0.1) is 6.10 Å². The molecule has 0 aromatic heterocycles. The van der Waals surface area contributed by atoms with Crippen molar-refractivity contribution >= 4 is 19.9 Å². The number of aliphatic hydroxyl groups is 1. The van der Waals surface area contributed by atoms with Crippen LogP contribution in [0.15, 0.2) is 34.9 Å². The number of hydrogen-bond acceptors (Lipinski definition) is 4. The van der Waals surface area contributed by atoms with Crippen molar-refractivity contribution in [1.29, 1.82) is 0 Å². The number of ketones is 2. The predicted molar refractivity (Wildman–Crippen MR) is 121 cm³/mol. The molecule has 4 nitrogen and oxygen atoms in total. The Morgan fingerprint density at radius 2 is 1.83 bits per heavy atom. The first kappa shape index (κ1) is 21.9. The normalized spacial score (nSPS) is 36.8. The van der Waals surface area contributed by atoms with Gasteiger partial charge in [-0.3, -0.25) is 9.59 Å². The molecule has 0 spiro atoms. The quantitative estimate of drug-likeness (QED) is 0.626. The number of rotatable bonds is 2. The standard InChI is InChI=1S/C25H36O4Si/c1-23(2,3)30(5,6)29-21-8-7-19-17-11-14-25(28)13-9-16(26)15-20(25)22(27)18(17)10-12-24(19,21)4/h9,13,15,19,21,28H,7-8,10-12,14H2,1-6H3/t19-,21-,24-,25-/m0/s1. The topological polar surface area (TPSA) is 63.6 Å². The third-order valence-electron chi connectivity index (χ3n) is 8.78. The van der Waals surface area contributed by atoms with Gasteiger partial charge in [0, 0.05) is 5.57 Å². The van der Waals surface area contributed by atoms with Crippen LogP contribution in [0.3, 0.4) is 0 Å². The van der Waals surface area contributed by atoms with Crippen molar-refractivity contribution in [2.75, 3.05) is 0 Å². The lowest BCUT2D eigenvalue weighted by atomic mass is 9.65. The summed E-state index contributed by atoms with van der Waals surface area (Å²) in [6.45, 7) is 13.8. The average molecular weight is 429 g/mol. The van der Waals surface area contributed by atoms with Gasteiger partial charge in [0.25, 0.3) is 0 Å². The van der Waals surface area contributed by atoms with E-state index in [9.17, 15) is 14.7 Å². The zero-order chi connectivity index (χ0) is 22.1. The summed E-state index contributed by atoms with van der Waals surface area (Å²) in [6.07, 6.45) is 9.38. The van der Waals surface area contributed by atoms with Crippen molar-refractivity contribution in [1.82, 2.24) is 0 Å². The molecule has 0 aromatic carbocycles. The van der Waals surface area contributed by atoms with Gasteiger partial charge >= 0.3 is 0 Å². The second-order valence-electron chi connectivity index (χ2n) is 11.6. The molecule has 1 N–H and O–H groups in total. The second-order valence-corrected chi connectivity index (χ2v) is 16.3. The van der Waals surface area contributed by atoms with Crippen molar-refractivity contribution in [3.05, 3.63) is 34.9 Å². The van der Waals surface area contributed by atoms with E-state index >= 15 is 0 Å².